The summed E-state index contributed by atoms with van der Waals surface area (Å²) in [4.78, 5) is 27.1. The summed E-state index contributed by atoms with van der Waals surface area (Å²) in [5.41, 5.74) is 5.61. The third-order valence-corrected chi connectivity index (χ3v) is 6.36. The summed E-state index contributed by atoms with van der Waals surface area (Å²) in [5.74, 6) is -2.98. The molecule has 31 heavy (non-hydrogen) atoms. The van der Waals surface area contributed by atoms with Gasteiger partial charge in [0, 0.05) is 37.3 Å². The van der Waals surface area contributed by atoms with Gasteiger partial charge in [-0.1, -0.05) is 24.4 Å². The molecule has 1 aliphatic heterocycles. The van der Waals surface area contributed by atoms with Crippen LogP contribution in [0.1, 0.15) is 49.0 Å². The number of halogens is 2. The first-order chi connectivity index (χ1) is 14.9. The fourth-order valence-electron chi connectivity index (χ4n) is 4.66. The molecule has 1 aromatic carbocycles. The zero-order valence-corrected chi connectivity index (χ0v) is 17.2. The van der Waals surface area contributed by atoms with Crippen LogP contribution in [0.25, 0.3) is 11.3 Å². The molecule has 0 radical (unpaired) electrons. The summed E-state index contributed by atoms with van der Waals surface area (Å²) in [6, 6.07) is 4.40. The molecule has 1 saturated carbocycles. The molecule has 1 aliphatic carbocycles. The molecule has 166 valence electrons. The van der Waals surface area contributed by atoms with Gasteiger partial charge >= 0.3 is 0 Å². The Balaban J connectivity index is 1.43. The van der Waals surface area contributed by atoms with E-state index < -0.39 is 35.4 Å². The number of carbonyl (C=O) groups is 2. The van der Waals surface area contributed by atoms with Gasteiger partial charge in [0.1, 0.15) is 11.6 Å². The maximum atomic E-state index is 14.0. The van der Waals surface area contributed by atoms with Crippen molar-refractivity contribution in [1.82, 2.24) is 15.4 Å². The Morgan fingerprint density at radius 2 is 1.90 bits per heavy atom. The van der Waals surface area contributed by atoms with Crippen molar-refractivity contribution < 1.29 is 22.9 Å². The second-order valence-corrected chi connectivity index (χ2v) is 8.36. The number of nitrogens with two attached hydrogens (primary N) is 1. The molecule has 4 rings (SSSR count). The Hall–Kier alpha value is -2.81. The van der Waals surface area contributed by atoms with Crippen LogP contribution >= 0.6 is 0 Å². The summed E-state index contributed by atoms with van der Waals surface area (Å²) in [6.07, 6.45) is 6.52. The third kappa shape index (κ3) is 4.76. The van der Waals surface area contributed by atoms with E-state index in [9.17, 15) is 18.4 Å². The van der Waals surface area contributed by atoms with Crippen LogP contribution < -0.4 is 11.1 Å². The van der Waals surface area contributed by atoms with Gasteiger partial charge in [0.15, 0.2) is 11.5 Å². The van der Waals surface area contributed by atoms with Gasteiger partial charge in [-0.2, -0.15) is 0 Å². The Kier molecular flexibility index (Phi) is 6.31. The number of hydrogen-bond acceptors (Lipinski definition) is 5. The van der Waals surface area contributed by atoms with E-state index in [1.54, 1.807) is 0 Å². The topological polar surface area (TPSA) is 101 Å². The van der Waals surface area contributed by atoms with E-state index in [2.05, 4.69) is 15.4 Å². The molecule has 2 heterocycles. The molecule has 0 unspecified atom stereocenters. The molecule has 0 bridgehead atoms. The SMILES string of the molecule is NC(=O)[C@@H]1CN(C2CCCCC2)CC[C@H]1NC(=O)c1cc(-c2ccc(F)cc2F)on1. The number of primary amides is 1. The molecule has 1 aromatic heterocycles. The number of rotatable bonds is 5. The molecule has 9 heteroatoms. The minimum Gasteiger partial charge on any atom is -0.369 e. The second-order valence-electron chi connectivity index (χ2n) is 8.36. The molecule has 0 spiro atoms. The molecule has 2 aliphatic rings. The van der Waals surface area contributed by atoms with Crippen molar-refractivity contribution in [3.05, 3.63) is 41.6 Å². The van der Waals surface area contributed by atoms with E-state index >= 15 is 0 Å². The van der Waals surface area contributed by atoms with E-state index in [4.69, 9.17) is 10.3 Å². The van der Waals surface area contributed by atoms with Crippen molar-refractivity contribution in [2.45, 2.75) is 50.6 Å². The quantitative estimate of drug-likeness (QED) is 0.757. The molecule has 1 saturated heterocycles. The first kappa shape index (κ1) is 21.4. The highest BCUT2D eigenvalue weighted by molar-refractivity contribution is 5.93. The van der Waals surface area contributed by atoms with E-state index in [1.807, 2.05) is 0 Å². The Bertz CT molecular complexity index is 958. The summed E-state index contributed by atoms with van der Waals surface area (Å²) < 4.78 is 32.2. The highest BCUT2D eigenvalue weighted by Gasteiger charge is 2.37. The van der Waals surface area contributed by atoms with E-state index in [0.717, 1.165) is 31.5 Å². The van der Waals surface area contributed by atoms with Crippen molar-refractivity contribution in [3.63, 3.8) is 0 Å². The van der Waals surface area contributed by atoms with Gasteiger partial charge in [-0.15, -0.1) is 0 Å². The Labute approximate surface area is 178 Å². The van der Waals surface area contributed by atoms with E-state index in [0.29, 0.717) is 19.0 Å². The number of likely N-dealkylation sites (tertiary alicyclic amines) is 1. The van der Waals surface area contributed by atoms with Crippen LogP contribution in [0.2, 0.25) is 0 Å². The van der Waals surface area contributed by atoms with Crippen LogP contribution in [-0.2, 0) is 4.79 Å². The summed E-state index contributed by atoms with van der Waals surface area (Å²) in [7, 11) is 0. The zero-order chi connectivity index (χ0) is 22.0. The molecule has 7 nitrogen and oxygen atoms in total. The van der Waals surface area contributed by atoms with Gasteiger partial charge < -0.3 is 15.6 Å². The standard InChI is InChI=1S/C22H26F2N4O3/c23-13-6-7-15(17(24)10-13)20-11-19(27-31-20)22(30)26-18-8-9-28(12-16(18)21(25)29)14-4-2-1-3-5-14/h6-7,10-11,14,16,18H,1-5,8-9,12H2,(H2,25,29)(H,26,30)/t16-,18-/m1/s1. The number of nitrogens with one attached hydrogen (secondary N) is 1. The number of amides is 2. The molecule has 2 atom stereocenters. The summed E-state index contributed by atoms with van der Waals surface area (Å²) >= 11 is 0. The number of hydrogen-bond donors (Lipinski definition) is 2. The highest BCUT2D eigenvalue weighted by atomic mass is 19.1. The maximum absolute atomic E-state index is 14.0. The molecule has 2 fully saturated rings. The van der Waals surface area contributed by atoms with Gasteiger partial charge in [0.05, 0.1) is 11.5 Å². The minimum absolute atomic E-state index is 0.00347. The highest BCUT2D eigenvalue weighted by Crippen LogP contribution is 2.28. The van der Waals surface area contributed by atoms with Crippen LogP contribution in [0.5, 0.6) is 0 Å². The van der Waals surface area contributed by atoms with Crippen LogP contribution in [0.3, 0.4) is 0 Å². The summed E-state index contributed by atoms with van der Waals surface area (Å²) in [5, 5.41) is 6.54. The Morgan fingerprint density at radius 3 is 2.61 bits per heavy atom. The first-order valence-corrected chi connectivity index (χ1v) is 10.7. The fourth-order valence-corrected chi connectivity index (χ4v) is 4.66. The van der Waals surface area contributed by atoms with E-state index in [-0.39, 0.29) is 17.0 Å². The number of carbonyl (C=O) groups excluding carboxylic acids is 2. The van der Waals surface area contributed by atoms with Crippen LogP contribution in [0.4, 0.5) is 8.78 Å². The van der Waals surface area contributed by atoms with Gasteiger partial charge in [-0.3, -0.25) is 14.5 Å². The summed E-state index contributed by atoms with van der Waals surface area (Å²) in [6.45, 7) is 1.31. The van der Waals surface area contributed by atoms with Crippen LogP contribution in [-0.4, -0.2) is 47.0 Å². The van der Waals surface area contributed by atoms with Crippen molar-refractivity contribution in [2.75, 3.05) is 13.1 Å². The second kappa shape index (κ2) is 9.13. The number of nitrogens with zero attached hydrogens (tertiary/aromatic N) is 2. The van der Waals surface area contributed by atoms with Gasteiger partial charge in [0.2, 0.25) is 5.91 Å². The largest absolute Gasteiger partial charge is 0.369 e. The number of aromatic nitrogens is 1. The average molecular weight is 432 g/mol. The third-order valence-electron chi connectivity index (χ3n) is 6.36. The smallest absolute Gasteiger partial charge is 0.273 e. The molecule has 2 aromatic rings. The number of piperidine rings is 1. The zero-order valence-electron chi connectivity index (χ0n) is 17.2. The van der Waals surface area contributed by atoms with E-state index in [1.165, 1.54) is 31.4 Å². The molecule has 2 amide bonds. The lowest BCUT2D eigenvalue weighted by Crippen LogP contribution is -2.57. The van der Waals surface area contributed by atoms with Gasteiger partial charge in [0.25, 0.3) is 5.91 Å². The molecular formula is C22H26F2N4O3. The lowest BCUT2D eigenvalue weighted by Gasteiger charge is -2.42. The molecule has 3 N–H and O–H groups in total. The van der Waals surface area contributed by atoms with Crippen molar-refractivity contribution in [3.8, 4) is 11.3 Å². The molecular weight excluding hydrogens is 406 g/mol. The van der Waals surface area contributed by atoms with Crippen molar-refractivity contribution in [2.24, 2.45) is 11.7 Å². The predicted octanol–water partition coefficient (Wildman–Crippen LogP) is 2.86. The minimum atomic E-state index is -0.813. The van der Waals surface area contributed by atoms with Gasteiger partial charge in [-0.25, -0.2) is 8.78 Å². The normalized spacial score (nSPS) is 22.9. The monoisotopic (exact) mass is 432 g/mol. The Morgan fingerprint density at radius 1 is 1.13 bits per heavy atom. The van der Waals surface area contributed by atoms with Crippen molar-refractivity contribution in [1.29, 1.82) is 0 Å². The number of benzene rings is 1. The maximum Gasteiger partial charge on any atom is 0.273 e. The van der Waals surface area contributed by atoms with Crippen LogP contribution in [0, 0.1) is 17.6 Å². The predicted molar refractivity (Wildman–Crippen MR) is 109 cm³/mol. The lowest BCUT2D eigenvalue weighted by molar-refractivity contribution is -0.124. The van der Waals surface area contributed by atoms with Crippen molar-refractivity contribution >= 4 is 11.8 Å². The first-order valence-electron chi connectivity index (χ1n) is 10.7. The van der Waals surface area contributed by atoms with Crippen LogP contribution in [0.15, 0.2) is 28.8 Å². The van der Waals surface area contributed by atoms with Gasteiger partial charge in [-0.05, 0) is 31.4 Å². The lowest BCUT2D eigenvalue weighted by atomic mass is 9.87. The fraction of sp³-hybridized carbons (Fsp3) is 0.500. The average Bonchev–Trinajstić information content (AvgIpc) is 3.24.